The fourth-order valence-corrected chi connectivity index (χ4v) is 1.87. The van der Waals surface area contributed by atoms with Gasteiger partial charge in [0.15, 0.2) is 0 Å². The predicted molar refractivity (Wildman–Crippen MR) is 65.0 cm³/mol. The smallest absolute Gasteiger partial charge is 0.128 e. The number of halogens is 1. The Morgan fingerprint density at radius 3 is 2.82 bits per heavy atom. The van der Waals surface area contributed by atoms with E-state index in [1.807, 2.05) is 31.3 Å². The van der Waals surface area contributed by atoms with Crippen LogP contribution in [-0.2, 0) is 6.54 Å². The Kier molecular flexibility index (Phi) is 3.88. The van der Waals surface area contributed by atoms with Gasteiger partial charge in [0.25, 0.3) is 0 Å². The molecule has 90 valence electrons. The van der Waals surface area contributed by atoms with Gasteiger partial charge >= 0.3 is 0 Å². The fraction of sp³-hybridized carbons (Fsp3) is 0.308. The van der Waals surface area contributed by atoms with Gasteiger partial charge in [-0.1, -0.05) is 25.1 Å². The number of aromatic nitrogens is 2. The molecule has 0 aliphatic heterocycles. The minimum atomic E-state index is -0.175. The highest BCUT2D eigenvalue weighted by Crippen LogP contribution is 2.18. The summed E-state index contributed by atoms with van der Waals surface area (Å²) in [4.78, 5) is 0. The summed E-state index contributed by atoms with van der Waals surface area (Å²) < 4.78 is 15.5. The predicted octanol–water partition coefficient (Wildman–Crippen LogP) is 2.37. The van der Waals surface area contributed by atoms with Crippen LogP contribution in [0.15, 0.2) is 42.7 Å². The Bertz CT molecular complexity index is 453. The van der Waals surface area contributed by atoms with Crippen LogP contribution >= 0.6 is 0 Å². The lowest BCUT2D eigenvalue weighted by molar-refractivity contribution is 0.431. The van der Waals surface area contributed by atoms with Gasteiger partial charge in [0.2, 0.25) is 0 Å². The number of likely N-dealkylation sites (N-methyl/N-ethyl adjacent to an activating group) is 1. The molecule has 1 atom stereocenters. The molecule has 0 amide bonds. The number of benzene rings is 1. The van der Waals surface area contributed by atoms with Crippen molar-refractivity contribution in [2.45, 2.75) is 19.5 Å². The van der Waals surface area contributed by atoms with Gasteiger partial charge in [0.1, 0.15) is 5.82 Å². The van der Waals surface area contributed by atoms with Gasteiger partial charge in [-0.2, -0.15) is 5.10 Å². The molecule has 2 rings (SSSR count). The van der Waals surface area contributed by atoms with Crippen molar-refractivity contribution in [3.05, 3.63) is 54.1 Å². The van der Waals surface area contributed by atoms with E-state index in [2.05, 4.69) is 10.4 Å². The summed E-state index contributed by atoms with van der Waals surface area (Å²) in [5, 5.41) is 7.42. The van der Waals surface area contributed by atoms with Gasteiger partial charge < -0.3 is 5.32 Å². The van der Waals surface area contributed by atoms with E-state index in [0.717, 1.165) is 6.54 Å². The van der Waals surface area contributed by atoms with Gasteiger partial charge in [-0.05, 0) is 18.7 Å². The number of hydrogen-bond acceptors (Lipinski definition) is 2. The fourth-order valence-electron chi connectivity index (χ4n) is 1.87. The van der Waals surface area contributed by atoms with Gasteiger partial charge in [0, 0.05) is 18.0 Å². The molecule has 1 N–H and O–H groups in total. The molecule has 1 heterocycles. The van der Waals surface area contributed by atoms with E-state index in [9.17, 15) is 4.39 Å². The van der Waals surface area contributed by atoms with Crippen molar-refractivity contribution in [2.24, 2.45) is 0 Å². The molecule has 0 bridgehead atoms. The van der Waals surface area contributed by atoms with Crippen LogP contribution in [0, 0.1) is 5.82 Å². The topological polar surface area (TPSA) is 29.9 Å². The first-order valence-electron chi connectivity index (χ1n) is 5.76. The summed E-state index contributed by atoms with van der Waals surface area (Å²) in [6.45, 7) is 3.43. The van der Waals surface area contributed by atoms with Gasteiger partial charge in [0.05, 0.1) is 12.6 Å². The quantitative estimate of drug-likeness (QED) is 0.859. The number of nitrogens with zero attached hydrogens (tertiary/aromatic N) is 2. The van der Waals surface area contributed by atoms with Crippen LogP contribution in [0.2, 0.25) is 0 Å². The number of rotatable bonds is 5. The van der Waals surface area contributed by atoms with E-state index in [1.165, 1.54) is 6.07 Å². The third-order valence-electron chi connectivity index (χ3n) is 2.66. The summed E-state index contributed by atoms with van der Waals surface area (Å²) in [5.41, 5.74) is 0.685. The first kappa shape index (κ1) is 11.8. The molecule has 0 spiro atoms. The third kappa shape index (κ3) is 2.91. The lowest BCUT2D eigenvalue weighted by atomic mass is 10.1. The zero-order valence-electron chi connectivity index (χ0n) is 9.81. The lowest BCUT2D eigenvalue weighted by Crippen LogP contribution is -2.26. The summed E-state index contributed by atoms with van der Waals surface area (Å²) in [5.74, 6) is -0.175. The monoisotopic (exact) mass is 233 g/mol. The average molecular weight is 233 g/mol. The Labute approximate surface area is 100 Å². The maximum Gasteiger partial charge on any atom is 0.128 e. The lowest BCUT2D eigenvalue weighted by Gasteiger charge is -2.18. The highest BCUT2D eigenvalue weighted by atomic mass is 19.1. The van der Waals surface area contributed by atoms with E-state index < -0.39 is 0 Å². The normalized spacial score (nSPS) is 12.6. The van der Waals surface area contributed by atoms with E-state index >= 15 is 0 Å². The van der Waals surface area contributed by atoms with Crippen LogP contribution in [0.3, 0.4) is 0 Å². The number of hydrogen-bond donors (Lipinski definition) is 1. The Hall–Kier alpha value is -1.68. The van der Waals surface area contributed by atoms with Crippen molar-refractivity contribution >= 4 is 0 Å². The molecule has 0 saturated heterocycles. The molecule has 1 aromatic carbocycles. The van der Waals surface area contributed by atoms with Crippen molar-refractivity contribution in [3.8, 4) is 0 Å². The Morgan fingerprint density at radius 2 is 2.18 bits per heavy atom. The van der Waals surface area contributed by atoms with E-state index in [1.54, 1.807) is 16.9 Å². The van der Waals surface area contributed by atoms with Crippen LogP contribution in [0.1, 0.15) is 18.5 Å². The van der Waals surface area contributed by atoms with Crippen LogP contribution in [-0.4, -0.2) is 16.3 Å². The Balaban J connectivity index is 2.20. The molecule has 0 fully saturated rings. The second-order valence-corrected chi connectivity index (χ2v) is 3.86. The summed E-state index contributed by atoms with van der Waals surface area (Å²) >= 11 is 0. The molecular weight excluding hydrogens is 217 g/mol. The second kappa shape index (κ2) is 5.59. The second-order valence-electron chi connectivity index (χ2n) is 3.86. The summed E-state index contributed by atoms with van der Waals surface area (Å²) in [6.07, 6.45) is 3.61. The molecule has 3 nitrogen and oxygen atoms in total. The van der Waals surface area contributed by atoms with Crippen LogP contribution in [0.5, 0.6) is 0 Å². The molecule has 0 aliphatic carbocycles. The first-order valence-corrected chi connectivity index (χ1v) is 5.76. The van der Waals surface area contributed by atoms with Crippen LogP contribution in [0.25, 0.3) is 0 Å². The van der Waals surface area contributed by atoms with Crippen LogP contribution < -0.4 is 5.32 Å². The highest BCUT2D eigenvalue weighted by Gasteiger charge is 2.14. The minimum absolute atomic E-state index is 0.0545. The standard InChI is InChI=1S/C13H16FN3/c1-2-15-13(10-17-9-5-8-16-17)11-6-3-4-7-12(11)14/h3-9,13,15H,2,10H2,1H3. The minimum Gasteiger partial charge on any atom is -0.309 e. The van der Waals surface area contributed by atoms with E-state index in [0.29, 0.717) is 12.1 Å². The van der Waals surface area contributed by atoms with Gasteiger partial charge in [-0.15, -0.1) is 0 Å². The largest absolute Gasteiger partial charge is 0.309 e. The molecule has 0 radical (unpaired) electrons. The van der Waals surface area contributed by atoms with Crippen LogP contribution in [0.4, 0.5) is 4.39 Å². The molecule has 0 saturated carbocycles. The SMILES string of the molecule is CCNC(Cn1cccn1)c1ccccc1F. The first-order chi connectivity index (χ1) is 8.31. The van der Waals surface area contributed by atoms with Crippen molar-refractivity contribution in [2.75, 3.05) is 6.54 Å². The zero-order valence-corrected chi connectivity index (χ0v) is 9.81. The average Bonchev–Trinajstić information content (AvgIpc) is 2.82. The Morgan fingerprint density at radius 1 is 1.35 bits per heavy atom. The molecule has 17 heavy (non-hydrogen) atoms. The highest BCUT2D eigenvalue weighted by molar-refractivity contribution is 5.21. The van der Waals surface area contributed by atoms with Gasteiger partial charge in [-0.3, -0.25) is 4.68 Å². The molecule has 4 heteroatoms. The van der Waals surface area contributed by atoms with E-state index in [4.69, 9.17) is 0 Å². The molecule has 2 aromatic rings. The van der Waals surface area contributed by atoms with Crippen molar-refractivity contribution in [1.82, 2.24) is 15.1 Å². The molecular formula is C13H16FN3. The summed E-state index contributed by atoms with van der Waals surface area (Å²) in [7, 11) is 0. The summed E-state index contributed by atoms with van der Waals surface area (Å²) in [6, 6.07) is 8.67. The van der Waals surface area contributed by atoms with Crippen molar-refractivity contribution in [3.63, 3.8) is 0 Å². The number of nitrogens with one attached hydrogen (secondary N) is 1. The van der Waals surface area contributed by atoms with E-state index in [-0.39, 0.29) is 11.9 Å². The maximum absolute atomic E-state index is 13.7. The molecule has 1 aromatic heterocycles. The third-order valence-corrected chi connectivity index (χ3v) is 2.66. The molecule has 0 aliphatic rings. The van der Waals surface area contributed by atoms with Crippen molar-refractivity contribution < 1.29 is 4.39 Å². The zero-order chi connectivity index (χ0) is 12.1. The van der Waals surface area contributed by atoms with Crippen molar-refractivity contribution in [1.29, 1.82) is 0 Å². The molecule has 1 unspecified atom stereocenters. The maximum atomic E-state index is 13.7. The van der Waals surface area contributed by atoms with Gasteiger partial charge in [-0.25, -0.2) is 4.39 Å².